The largest absolute Gasteiger partial charge is 0.381 e. The zero-order valence-electron chi connectivity index (χ0n) is 14.4. The van der Waals surface area contributed by atoms with Crippen molar-refractivity contribution in [3.63, 3.8) is 0 Å². The van der Waals surface area contributed by atoms with E-state index in [0.717, 1.165) is 52.0 Å². The minimum absolute atomic E-state index is 0. The number of hydrogen-bond acceptors (Lipinski definition) is 3. The molecule has 4 nitrogen and oxygen atoms in total. The summed E-state index contributed by atoms with van der Waals surface area (Å²) < 4.78 is 5.56. The van der Waals surface area contributed by atoms with Crippen LogP contribution in [0.5, 0.6) is 0 Å². The molecule has 0 aromatic heterocycles. The number of amides is 1. The lowest BCUT2D eigenvalue weighted by Crippen LogP contribution is -2.48. The molecule has 2 aliphatic rings. The van der Waals surface area contributed by atoms with Crippen LogP contribution in [0.25, 0.3) is 0 Å². The zero-order valence-corrected chi connectivity index (χ0v) is 15.2. The summed E-state index contributed by atoms with van der Waals surface area (Å²) in [7, 11) is 0. The molecule has 2 atom stereocenters. The Labute approximate surface area is 151 Å². The Morgan fingerprint density at radius 2 is 2.00 bits per heavy atom. The Kier molecular flexibility index (Phi) is 7.08. The summed E-state index contributed by atoms with van der Waals surface area (Å²) in [6.07, 6.45) is 3.82. The summed E-state index contributed by atoms with van der Waals surface area (Å²) in [5.74, 6) is 0.374. The number of carbonyl (C=O) groups excluding carboxylic acids is 1. The molecule has 2 heterocycles. The Balaban J connectivity index is 0.00000208. The van der Waals surface area contributed by atoms with E-state index < -0.39 is 0 Å². The summed E-state index contributed by atoms with van der Waals surface area (Å²) >= 11 is 0. The number of benzene rings is 1. The van der Waals surface area contributed by atoms with Gasteiger partial charge in [0.25, 0.3) is 0 Å². The van der Waals surface area contributed by atoms with Gasteiger partial charge in [-0.15, -0.1) is 12.4 Å². The lowest BCUT2D eigenvalue weighted by molar-refractivity contribution is -0.126. The van der Waals surface area contributed by atoms with Gasteiger partial charge in [0.15, 0.2) is 0 Å². The van der Waals surface area contributed by atoms with Gasteiger partial charge in [0.1, 0.15) is 0 Å². The topological polar surface area (TPSA) is 50.4 Å². The average Bonchev–Trinajstić information content (AvgIpc) is 2.61. The Morgan fingerprint density at radius 3 is 2.67 bits per heavy atom. The molecular weight excluding hydrogens is 324 g/mol. The zero-order chi connectivity index (χ0) is 16.1. The minimum atomic E-state index is 0. The first-order valence-corrected chi connectivity index (χ1v) is 8.84. The van der Waals surface area contributed by atoms with Gasteiger partial charge in [0.2, 0.25) is 5.91 Å². The fourth-order valence-corrected chi connectivity index (χ4v) is 3.89. The van der Waals surface area contributed by atoms with Gasteiger partial charge in [0.05, 0.1) is 0 Å². The lowest BCUT2D eigenvalue weighted by atomic mass is 9.74. The Morgan fingerprint density at radius 1 is 1.29 bits per heavy atom. The van der Waals surface area contributed by atoms with E-state index in [9.17, 15) is 4.79 Å². The number of halogens is 1. The van der Waals surface area contributed by atoms with Crippen molar-refractivity contribution in [3.05, 3.63) is 35.9 Å². The highest BCUT2D eigenvalue weighted by atomic mass is 35.5. The summed E-state index contributed by atoms with van der Waals surface area (Å²) in [5.41, 5.74) is 1.34. The van der Waals surface area contributed by atoms with Crippen molar-refractivity contribution in [2.75, 3.05) is 26.3 Å². The Bertz CT molecular complexity index is 517. The van der Waals surface area contributed by atoms with Crippen LogP contribution in [0.2, 0.25) is 0 Å². The van der Waals surface area contributed by atoms with Crippen LogP contribution in [0.15, 0.2) is 30.3 Å². The van der Waals surface area contributed by atoms with Crippen LogP contribution in [0, 0.1) is 5.92 Å². The lowest BCUT2D eigenvalue weighted by Gasteiger charge is -2.38. The quantitative estimate of drug-likeness (QED) is 0.875. The number of nitrogens with one attached hydrogen (secondary N) is 2. The van der Waals surface area contributed by atoms with E-state index in [1.54, 1.807) is 0 Å². The number of piperidine rings is 1. The van der Waals surface area contributed by atoms with Crippen LogP contribution >= 0.6 is 12.4 Å². The molecule has 2 N–H and O–H groups in total. The molecule has 2 aliphatic heterocycles. The highest BCUT2D eigenvalue weighted by molar-refractivity contribution is 5.85. The molecule has 1 aromatic carbocycles. The van der Waals surface area contributed by atoms with Gasteiger partial charge < -0.3 is 15.4 Å². The molecule has 2 fully saturated rings. The highest BCUT2D eigenvalue weighted by Gasteiger charge is 2.35. The first-order chi connectivity index (χ1) is 11.2. The first kappa shape index (κ1) is 19.2. The van der Waals surface area contributed by atoms with E-state index in [-0.39, 0.29) is 29.6 Å². The molecule has 1 amide bonds. The second-order valence-corrected chi connectivity index (χ2v) is 7.05. The monoisotopic (exact) mass is 352 g/mol. The van der Waals surface area contributed by atoms with E-state index in [0.29, 0.717) is 6.04 Å². The molecule has 134 valence electrons. The van der Waals surface area contributed by atoms with Gasteiger partial charge in [-0.05, 0) is 44.7 Å². The molecule has 1 aromatic rings. The molecule has 0 unspecified atom stereocenters. The molecule has 0 aliphatic carbocycles. The van der Waals surface area contributed by atoms with Gasteiger partial charge in [-0.1, -0.05) is 30.3 Å². The maximum Gasteiger partial charge on any atom is 0.223 e. The molecule has 0 saturated carbocycles. The molecule has 24 heavy (non-hydrogen) atoms. The van der Waals surface area contributed by atoms with Crippen molar-refractivity contribution in [1.82, 2.24) is 10.6 Å². The van der Waals surface area contributed by atoms with Crippen molar-refractivity contribution in [2.24, 2.45) is 5.92 Å². The molecule has 2 saturated heterocycles. The maximum absolute atomic E-state index is 12.6. The first-order valence-electron chi connectivity index (χ1n) is 8.84. The van der Waals surface area contributed by atoms with Crippen molar-refractivity contribution in [1.29, 1.82) is 0 Å². The van der Waals surface area contributed by atoms with Crippen LogP contribution in [0.3, 0.4) is 0 Å². The fraction of sp³-hybridized carbons (Fsp3) is 0.632. The predicted octanol–water partition coefficient (Wildman–Crippen LogP) is 2.66. The third-order valence-electron chi connectivity index (χ3n) is 5.43. The second-order valence-electron chi connectivity index (χ2n) is 7.05. The predicted molar refractivity (Wildman–Crippen MR) is 98.6 cm³/mol. The van der Waals surface area contributed by atoms with Crippen molar-refractivity contribution in [2.45, 2.75) is 44.1 Å². The highest BCUT2D eigenvalue weighted by Crippen LogP contribution is 2.34. The van der Waals surface area contributed by atoms with Crippen LogP contribution in [0.1, 0.15) is 38.2 Å². The molecule has 0 bridgehead atoms. The van der Waals surface area contributed by atoms with E-state index in [2.05, 4.69) is 41.8 Å². The van der Waals surface area contributed by atoms with Gasteiger partial charge in [-0.25, -0.2) is 0 Å². The van der Waals surface area contributed by atoms with Crippen molar-refractivity contribution >= 4 is 18.3 Å². The standard InChI is InChI=1S/C19H28N2O2.ClH/c1-15-13-16(7-10-20-15)18(22)21-14-19(8-11-23-12-9-19)17-5-3-2-4-6-17;/h2-6,15-16,20H,7-14H2,1H3,(H,21,22);1H/t15-,16-;/m0./s1. The normalized spacial score (nSPS) is 26.2. The number of rotatable bonds is 4. The van der Waals surface area contributed by atoms with Gasteiger partial charge in [0, 0.05) is 37.1 Å². The SMILES string of the molecule is C[C@H]1C[C@@H](C(=O)NCC2(c3ccccc3)CCOCC2)CCN1.Cl. The van der Waals surface area contributed by atoms with Crippen LogP contribution in [0.4, 0.5) is 0 Å². The van der Waals surface area contributed by atoms with E-state index in [1.165, 1.54) is 5.56 Å². The van der Waals surface area contributed by atoms with Crippen molar-refractivity contribution in [3.8, 4) is 0 Å². The smallest absolute Gasteiger partial charge is 0.223 e. The third kappa shape index (κ3) is 4.50. The second kappa shape index (κ2) is 8.84. The van der Waals surface area contributed by atoms with Crippen LogP contribution in [-0.4, -0.2) is 38.3 Å². The number of hydrogen-bond donors (Lipinski definition) is 2. The molecular formula is C19H29ClN2O2. The molecule has 3 rings (SSSR count). The Hall–Kier alpha value is -1.10. The summed E-state index contributed by atoms with van der Waals surface area (Å²) in [5, 5.41) is 6.67. The van der Waals surface area contributed by atoms with E-state index in [4.69, 9.17) is 4.74 Å². The van der Waals surface area contributed by atoms with Crippen LogP contribution < -0.4 is 10.6 Å². The van der Waals surface area contributed by atoms with E-state index >= 15 is 0 Å². The van der Waals surface area contributed by atoms with Crippen LogP contribution in [-0.2, 0) is 14.9 Å². The maximum atomic E-state index is 12.6. The number of ether oxygens (including phenoxy) is 1. The molecule has 0 spiro atoms. The van der Waals surface area contributed by atoms with Gasteiger partial charge in [-0.2, -0.15) is 0 Å². The summed E-state index contributed by atoms with van der Waals surface area (Å²) in [6, 6.07) is 11.0. The number of carbonyl (C=O) groups is 1. The summed E-state index contributed by atoms with van der Waals surface area (Å²) in [6.45, 7) is 5.36. The fourth-order valence-electron chi connectivity index (χ4n) is 3.89. The molecule has 5 heteroatoms. The van der Waals surface area contributed by atoms with E-state index in [1.807, 2.05) is 6.07 Å². The summed E-state index contributed by atoms with van der Waals surface area (Å²) in [4.78, 5) is 12.6. The minimum Gasteiger partial charge on any atom is -0.381 e. The average molecular weight is 353 g/mol. The third-order valence-corrected chi connectivity index (χ3v) is 5.43. The molecule has 0 radical (unpaired) electrons. The van der Waals surface area contributed by atoms with Gasteiger partial charge in [-0.3, -0.25) is 4.79 Å². The van der Waals surface area contributed by atoms with Crippen molar-refractivity contribution < 1.29 is 9.53 Å². The van der Waals surface area contributed by atoms with Gasteiger partial charge >= 0.3 is 0 Å².